The van der Waals surface area contributed by atoms with Crippen molar-refractivity contribution in [3.05, 3.63) is 59.8 Å². The summed E-state index contributed by atoms with van der Waals surface area (Å²) in [6.07, 6.45) is 0.630. The molecule has 0 unspecified atom stereocenters. The Labute approximate surface area is 141 Å². The molecule has 3 aromatic rings. The van der Waals surface area contributed by atoms with Crippen LogP contribution in [0.1, 0.15) is 11.3 Å². The Balaban J connectivity index is 1.71. The van der Waals surface area contributed by atoms with Gasteiger partial charge >= 0.3 is 0 Å². The lowest BCUT2D eigenvalue weighted by molar-refractivity contribution is 0.414. The van der Waals surface area contributed by atoms with E-state index in [-0.39, 0.29) is 4.90 Å². The molecule has 0 aliphatic carbocycles. The van der Waals surface area contributed by atoms with Gasteiger partial charge in [-0.1, -0.05) is 18.2 Å². The number of H-pyrrole nitrogens is 1. The van der Waals surface area contributed by atoms with Gasteiger partial charge < -0.3 is 9.72 Å². The number of methoxy groups -OCH3 is 1. The molecule has 1 heterocycles. The lowest BCUT2D eigenvalue weighted by Crippen LogP contribution is -2.26. The summed E-state index contributed by atoms with van der Waals surface area (Å²) in [4.78, 5) is 3.56. The molecule has 0 spiro atoms. The lowest BCUT2D eigenvalue weighted by Gasteiger charge is -2.08. The van der Waals surface area contributed by atoms with Crippen LogP contribution >= 0.6 is 0 Å². The van der Waals surface area contributed by atoms with Gasteiger partial charge in [0.1, 0.15) is 5.75 Å². The molecule has 1 aromatic heterocycles. The summed E-state index contributed by atoms with van der Waals surface area (Å²) < 4.78 is 32.4. The molecule has 0 aliphatic rings. The Hall–Kier alpha value is -2.31. The van der Waals surface area contributed by atoms with E-state index in [1.165, 1.54) is 12.1 Å². The molecule has 0 fully saturated rings. The highest BCUT2D eigenvalue weighted by molar-refractivity contribution is 7.89. The second-order valence-electron chi connectivity index (χ2n) is 5.60. The van der Waals surface area contributed by atoms with Crippen LogP contribution in [0.2, 0.25) is 0 Å². The van der Waals surface area contributed by atoms with E-state index in [4.69, 9.17) is 4.74 Å². The normalized spacial score (nSPS) is 11.8. The SMILES string of the molecule is COc1ccc(S(=O)(=O)NCCc2c(C)[nH]c3ccccc23)cc1. The van der Waals surface area contributed by atoms with Gasteiger partial charge in [-0.3, -0.25) is 0 Å². The van der Waals surface area contributed by atoms with Gasteiger partial charge in [0, 0.05) is 23.1 Å². The van der Waals surface area contributed by atoms with Crippen LogP contribution in [0.15, 0.2) is 53.4 Å². The maximum Gasteiger partial charge on any atom is 0.240 e. The first kappa shape index (κ1) is 16.5. The summed E-state index contributed by atoms with van der Waals surface area (Å²) in [6, 6.07) is 14.4. The summed E-state index contributed by atoms with van der Waals surface area (Å²) in [5, 5.41) is 1.14. The number of aryl methyl sites for hydroxylation is 1. The molecular weight excluding hydrogens is 324 g/mol. The van der Waals surface area contributed by atoms with Crippen LogP contribution in [0.25, 0.3) is 10.9 Å². The van der Waals surface area contributed by atoms with E-state index in [0.29, 0.717) is 18.7 Å². The smallest absolute Gasteiger partial charge is 0.240 e. The fourth-order valence-corrected chi connectivity index (χ4v) is 3.84. The van der Waals surface area contributed by atoms with Gasteiger partial charge in [-0.2, -0.15) is 0 Å². The predicted octanol–water partition coefficient (Wildman–Crippen LogP) is 3.01. The van der Waals surface area contributed by atoms with Crippen LogP contribution in [0.3, 0.4) is 0 Å². The lowest BCUT2D eigenvalue weighted by atomic mass is 10.1. The first-order valence-electron chi connectivity index (χ1n) is 7.71. The Morgan fingerprint density at radius 2 is 1.79 bits per heavy atom. The molecule has 2 aromatic carbocycles. The molecule has 0 saturated heterocycles. The average molecular weight is 344 g/mol. The predicted molar refractivity (Wildman–Crippen MR) is 94.9 cm³/mol. The Kier molecular flexibility index (Phi) is 4.59. The largest absolute Gasteiger partial charge is 0.497 e. The summed E-state index contributed by atoms with van der Waals surface area (Å²) in [5.41, 5.74) is 3.28. The van der Waals surface area contributed by atoms with Crippen LogP contribution in [-0.4, -0.2) is 27.1 Å². The van der Waals surface area contributed by atoms with E-state index in [1.807, 2.05) is 31.2 Å². The van der Waals surface area contributed by atoms with Gasteiger partial charge in [0.05, 0.1) is 12.0 Å². The van der Waals surface area contributed by atoms with Gasteiger partial charge in [0.2, 0.25) is 10.0 Å². The molecule has 126 valence electrons. The van der Waals surface area contributed by atoms with Crippen LogP contribution in [0.5, 0.6) is 5.75 Å². The second kappa shape index (κ2) is 6.67. The van der Waals surface area contributed by atoms with Gasteiger partial charge in [-0.25, -0.2) is 13.1 Å². The van der Waals surface area contributed by atoms with Crippen molar-refractivity contribution < 1.29 is 13.2 Å². The van der Waals surface area contributed by atoms with Crippen molar-refractivity contribution in [2.24, 2.45) is 0 Å². The van der Waals surface area contributed by atoms with Gasteiger partial charge in [0.25, 0.3) is 0 Å². The summed E-state index contributed by atoms with van der Waals surface area (Å²) >= 11 is 0. The maximum atomic E-state index is 12.3. The molecule has 0 atom stereocenters. The standard InChI is InChI=1S/C18H20N2O3S/c1-13-16(17-5-3-4-6-18(17)20-13)11-12-19-24(21,22)15-9-7-14(23-2)8-10-15/h3-10,19-20H,11-12H2,1-2H3. The van der Waals surface area contributed by atoms with E-state index in [2.05, 4.69) is 9.71 Å². The number of fused-ring (bicyclic) bond motifs is 1. The number of nitrogens with one attached hydrogen (secondary N) is 2. The minimum atomic E-state index is -3.52. The average Bonchev–Trinajstić information content (AvgIpc) is 2.90. The van der Waals surface area contributed by atoms with E-state index in [0.717, 1.165) is 22.2 Å². The Morgan fingerprint density at radius 3 is 2.50 bits per heavy atom. The molecule has 0 radical (unpaired) electrons. The third-order valence-electron chi connectivity index (χ3n) is 4.06. The van der Waals surface area contributed by atoms with Crippen molar-refractivity contribution in [1.82, 2.24) is 9.71 Å². The fraction of sp³-hybridized carbons (Fsp3) is 0.222. The zero-order valence-electron chi connectivity index (χ0n) is 13.7. The van der Waals surface area contributed by atoms with Gasteiger partial charge in [-0.05, 0) is 49.2 Å². The first-order chi connectivity index (χ1) is 11.5. The monoisotopic (exact) mass is 344 g/mol. The molecule has 5 nitrogen and oxygen atoms in total. The Morgan fingerprint density at radius 1 is 1.08 bits per heavy atom. The number of aromatic amines is 1. The highest BCUT2D eigenvalue weighted by atomic mass is 32.2. The Bertz CT molecular complexity index is 944. The number of aromatic nitrogens is 1. The highest BCUT2D eigenvalue weighted by Crippen LogP contribution is 2.22. The maximum absolute atomic E-state index is 12.3. The van der Waals surface area contributed by atoms with Crippen molar-refractivity contribution in [2.45, 2.75) is 18.2 Å². The zero-order chi connectivity index (χ0) is 17.2. The van der Waals surface area contributed by atoms with Crippen molar-refractivity contribution in [3.8, 4) is 5.75 Å². The zero-order valence-corrected chi connectivity index (χ0v) is 14.5. The van der Waals surface area contributed by atoms with Crippen molar-refractivity contribution in [3.63, 3.8) is 0 Å². The number of benzene rings is 2. The molecule has 0 amide bonds. The fourth-order valence-electron chi connectivity index (χ4n) is 2.81. The van der Waals surface area contributed by atoms with E-state index in [9.17, 15) is 8.42 Å². The third kappa shape index (κ3) is 3.29. The van der Waals surface area contributed by atoms with Crippen LogP contribution in [-0.2, 0) is 16.4 Å². The first-order valence-corrected chi connectivity index (χ1v) is 9.19. The highest BCUT2D eigenvalue weighted by Gasteiger charge is 2.14. The summed E-state index contributed by atoms with van der Waals surface area (Å²) in [5.74, 6) is 0.628. The summed E-state index contributed by atoms with van der Waals surface area (Å²) in [6.45, 7) is 2.35. The number of sulfonamides is 1. The minimum absolute atomic E-state index is 0.235. The van der Waals surface area contributed by atoms with E-state index >= 15 is 0 Å². The van der Waals surface area contributed by atoms with E-state index in [1.54, 1.807) is 19.2 Å². The molecule has 0 bridgehead atoms. The van der Waals surface area contributed by atoms with Crippen LogP contribution in [0.4, 0.5) is 0 Å². The van der Waals surface area contributed by atoms with Crippen molar-refractivity contribution in [2.75, 3.05) is 13.7 Å². The molecular formula is C18H20N2O3S. The number of para-hydroxylation sites is 1. The quantitative estimate of drug-likeness (QED) is 0.722. The van der Waals surface area contributed by atoms with Gasteiger partial charge in [0.15, 0.2) is 0 Å². The molecule has 3 rings (SSSR count). The van der Waals surface area contributed by atoms with Crippen LogP contribution < -0.4 is 9.46 Å². The number of ether oxygens (including phenoxy) is 1. The van der Waals surface area contributed by atoms with E-state index < -0.39 is 10.0 Å². The van der Waals surface area contributed by atoms with Crippen molar-refractivity contribution in [1.29, 1.82) is 0 Å². The number of hydrogen-bond donors (Lipinski definition) is 2. The van der Waals surface area contributed by atoms with Crippen LogP contribution in [0, 0.1) is 6.92 Å². The van der Waals surface area contributed by atoms with Gasteiger partial charge in [-0.15, -0.1) is 0 Å². The molecule has 24 heavy (non-hydrogen) atoms. The summed E-state index contributed by atoms with van der Waals surface area (Å²) in [7, 11) is -1.97. The number of hydrogen-bond acceptors (Lipinski definition) is 3. The molecule has 6 heteroatoms. The second-order valence-corrected chi connectivity index (χ2v) is 7.36. The topological polar surface area (TPSA) is 71.2 Å². The third-order valence-corrected chi connectivity index (χ3v) is 5.54. The minimum Gasteiger partial charge on any atom is -0.497 e. The molecule has 0 aliphatic heterocycles. The van der Waals surface area contributed by atoms with Crippen molar-refractivity contribution >= 4 is 20.9 Å². The number of rotatable bonds is 6. The molecule has 0 saturated carbocycles. The molecule has 2 N–H and O–H groups in total.